The highest BCUT2D eigenvalue weighted by Crippen LogP contribution is 2.34. The number of anilines is 1. The zero-order valence-electron chi connectivity index (χ0n) is 18.0. The second-order valence-corrected chi connectivity index (χ2v) is 9.16. The van der Waals surface area contributed by atoms with Crippen molar-refractivity contribution in [1.29, 1.82) is 0 Å². The van der Waals surface area contributed by atoms with Crippen LogP contribution in [0.2, 0.25) is 5.02 Å². The fourth-order valence-electron chi connectivity index (χ4n) is 4.78. The molecule has 0 radical (unpaired) electrons. The van der Waals surface area contributed by atoms with Gasteiger partial charge in [-0.1, -0.05) is 11.6 Å². The van der Waals surface area contributed by atoms with Gasteiger partial charge in [0.25, 0.3) is 5.91 Å². The smallest absolute Gasteiger partial charge is 0.256 e. The molecule has 1 amide bonds. The van der Waals surface area contributed by atoms with Crippen molar-refractivity contribution in [2.75, 3.05) is 24.5 Å². The lowest BCUT2D eigenvalue weighted by atomic mass is 9.98. The Balaban J connectivity index is 1.48. The maximum Gasteiger partial charge on any atom is 0.256 e. The van der Waals surface area contributed by atoms with Gasteiger partial charge < -0.3 is 15.5 Å². The molecule has 9 heteroatoms. The van der Waals surface area contributed by atoms with E-state index >= 15 is 0 Å². The van der Waals surface area contributed by atoms with Crippen molar-refractivity contribution >= 4 is 29.0 Å². The summed E-state index contributed by atoms with van der Waals surface area (Å²) >= 11 is 6.22. The van der Waals surface area contributed by atoms with E-state index in [1.807, 2.05) is 19.2 Å². The van der Waals surface area contributed by atoms with Gasteiger partial charge in [-0.15, -0.1) is 0 Å². The van der Waals surface area contributed by atoms with E-state index in [-0.39, 0.29) is 28.6 Å². The van der Waals surface area contributed by atoms with E-state index in [0.717, 1.165) is 61.5 Å². The van der Waals surface area contributed by atoms with Crippen LogP contribution in [0.4, 0.5) is 10.2 Å². The summed E-state index contributed by atoms with van der Waals surface area (Å²) in [6, 6.07) is 5.80. The van der Waals surface area contributed by atoms with Crippen LogP contribution in [0.5, 0.6) is 0 Å². The van der Waals surface area contributed by atoms with Gasteiger partial charge >= 0.3 is 0 Å². The Labute approximate surface area is 191 Å². The van der Waals surface area contributed by atoms with Crippen LogP contribution in [0.3, 0.4) is 0 Å². The molecule has 2 aromatic heterocycles. The lowest BCUT2D eigenvalue weighted by Gasteiger charge is -2.35. The number of nitrogens with two attached hydrogens (primary N) is 1. The van der Waals surface area contributed by atoms with Crippen molar-refractivity contribution < 1.29 is 9.18 Å². The molecule has 2 N–H and O–H groups in total. The zero-order chi connectivity index (χ0) is 22.4. The summed E-state index contributed by atoms with van der Waals surface area (Å²) in [6.07, 6.45) is 5.60. The number of hydrogen-bond donors (Lipinski definition) is 1. The molecule has 0 unspecified atom stereocenters. The second kappa shape index (κ2) is 8.33. The first-order valence-corrected chi connectivity index (χ1v) is 11.4. The summed E-state index contributed by atoms with van der Waals surface area (Å²) in [5, 5.41) is 5.01. The molecule has 32 heavy (non-hydrogen) atoms. The maximum atomic E-state index is 13.8. The molecule has 0 bridgehead atoms. The van der Waals surface area contributed by atoms with Crippen molar-refractivity contribution in [2.24, 2.45) is 5.73 Å². The molecule has 2 fully saturated rings. The normalized spacial score (nSPS) is 21.5. The minimum Gasteiger partial charge on any atom is -0.355 e. The monoisotopic (exact) mass is 456 g/mol. The van der Waals surface area contributed by atoms with Gasteiger partial charge in [0.05, 0.1) is 22.3 Å². The minimum absolute atomic E-state index is 0.171. The largest absolute Gasteiger partial charge is 0.355 e. The first-order chi connectivity index (χ1) is 15.4. The zero-order valence-corrected chi connectivity index (χ0v) is 18.7. The van der Waals surface area contributed by atoms with Crippen molar-refractivity contribution in [3.63, 3.8) is 0 Å². The number of nitrogens with zero attached hydrogens (tertiary/aromatic N) is 5. The molecule has 0 spiro atoms. The third kappa shape index (κ3) is 3.82. The number of benzene rings is 1. The van der Waals surface area contributed by atoms with Gasteiger partial charge in [-0.3, -0.25) is 4.79 Å². The predicted octanol–water partition coefficient (Wildman–Crippen LogP) is 3.74. The minimum atomic E-state index is -0.479. The summed E-state index contributed by atoms with van der Waals surface area (Å²) < 4.78 is 15.6. The molecule has 168 valence electrons. The van der Waals surface area contributed by atoms with Crippen LogP contribution < -0.4 is 10.6 Å². The van der Waals surface area contributed by atoms with Crippen LogP contribution >= 0.6 is 11.6 Å². The molecule has 3 aromatic rings. The molecule has 2 aliphatic rings. The first kappa shape index (κ1) is 21.2. The van der Waals surface area contributed by atoms with Gasteiger partial charge in [0.1, 0.15) is 11.6 Å². The molecule has 4 heterocycles. The summed E-state index contributed by atoms with van der Waals surface area (Å²) in [7, 11) is 0. The van der Waals surface area contributed by atoms with E-state index < -0.39 is 5.82 Å². The van der Waals surface area contributed by atoms with Gasteiger partial charge in [-0.25, -0.2) is 13.9 Å². The summed E-state index contributed by atoms with van der Waals surface area (Å²) in [5.74, 6) is 0.181. The topological polar surface area (TPSA) is 79.8 Å². The quantitative estimate of drug-likeness (QED) is 0.649. The van der Waals surface area contributed by atoms with Crippen LogP contribution in [-0.2, 0) is 0 Å². The number of likely N-dealkylation sites (tertiary alicyclic amines) is 1. The van der Waals surface area contributed by atoms with Gasteiger partial charge in [-0.2, -0.15) is 5.10 Å². The van der Waals surface area contributed by atoms with Crippen molar-refractivity contribution in [3.05, 3.63) is 58.1 Å². The highest BCUT2D eigenvalue weighted by Gasteiger charge is 2.32. The molecular weight excluding hydrogens is 431 g/mol. The summed E-state index contributed by atoms with van der Waals surface area (Å²) in [6.45, 7) is 4.29. The summed E-state index contributed by atoms with van der Waals surface area (Å²) in [5.41, 5.74) is 8.82. The van der Waals surface area contributed by atoms with Crippen LogP contribution in [0.25, 0.3) is 5.65 Å². The SMILES string of the molecule is Cc1cn2nc([C@@H]3CCCCN3C(=O)c3cc(F)ccc3Cl)cc2nc1N1CC[C@H](N)C1. The average Bonchev–Trinajstić information content (AvgIpc) is 3.40. The number of rotatable bonds is 3. The Kier molecular flexibility index (Phi) is 5.51. The number of aryl methyl sites for hydroxylation is 1. The first-order valence-electron chi connectivity index (χ1n) is 11.0. The summed E-state index contributed by atoms with van der Waals surface area (Å²) in [4.78, 5) is 22.1. The van der Waals surface area contributed by atoms with Gasteiger partial charge in [0.15, 0.2) is 5.65 Å². The lowest BCUT2D eigenvalue weighted by molar-refractivity contribution is 0.0605. The van der Waals surface area contributed by atoms with E-state index in [9.17, 15) is 9.18 Å². The van der Waals surface area contributed by atoms with Gasteiger partial charge in [0.2, 0.25) is 0 Å². The number of fused-ring (bicyclic) bond motifs is 1. The van der Waals surface area contributed by atoms with Gasteiger partial charge in [-0.05, 0) is 50.8 Å². The molecule has 2 atom stereocenters. The number of piperidine rings is 1. The van der Waals surface area contributed by atoms with E-state index in [0.29, 0.717) is 6.54 Å². The van der Waals surface area contributed by atoms with Crippen molar-refractivity contribution in [2.45, 2.75) is 44.7 Å². The number of hydrogen-bond acceptors (Lipinski definition) is 5. The van der Waals surface area contributed by atoms with Crippen molar-refractivity contribution in [3.8, 4) is 0 Å². The lowest BCUT2D eigenvalue weighted by Crippen LogP contribution is -2.38. The van der Waals surface area contributed by atoms with E-state index in [2.05, 4.69) is 4.90 Å². The highest BCUT2D eigenvalue weighted by atomic mass is 35.5. The Hall–Kier alpha value is -2.71. The number of carbonyl (C=O) groups excluding carboxylic acids is 1. The van der Waals surface area contributed by atoms with Crippen LogP contribution in [0.1, 0.15) is 53.3 Å². The van der Waals surface area contributed by atoms with E-state index in [1.54, 1.807) is 9.42 Å². The van der Waals surface area contributed by atoms with Crippen LogP contribution in [-0.4, -0.2) is 51.1 Å². The van der Waals surface area contributed by atoms with Crippen molar-refractivity contribution in [1.82, 2.24) is 19.5 Å². The third-order valence-corrected chi connectivity index (χ3v) is 6.74. The molecular formula is C23H26ClFN6O. The number of carbonyl (C=O) groups is 1. The Morgan fingerprint density at radius 1 is 1.22 bits per heavy atom. The van der Waals surface area contributed by atoms with Crippen LogP contribution in [0, 0.1) is 12.7 Å². The second-order valence-electron chi connectivity index (χ2n) is 8.75. The van der Waals surface area contributed by atoms with E-state index in [4.69, 9.17) is 27.4 Å². The molecule has 0 aliphatic carbocycles. The Morgan fingerprint density at radius 2 is 2.06 bits per heavy atom. The van der Waals surface area contributed by atoms with Gasteiger partial charge in [0, 0.05) is 43.5 Å². The number of amides is 1. The number of aromatic nitrogens is 3. The molecule has 2 saturated heterocycles. The number of halogens is 2. The molecule has 7 nitrogen and oxygen atoms in total. The molecule has 2 aliphatic heterocycles. The van der Waals surface area contributed by atoms with Crippen LogP contribution in [0.15, 0.2) is 30.5 Å². The fourth-order valence-corrected chi connectivity index (χ4v) is 4.98. The Bertz CT molecular complexity index is 1180. The van der Waals surface area contributed by atoms with E-state index in [1.165, 1.54) is 18.2 Å². The average molecular weight is 457 g/mol. The Morgan fingerprint density at radius 3 is 2.84 bits per heavy atom. The predicted molar refractivity (Wildman–Crippen MR) is 122 cm³/mol. The fraction of sp³-hybridized carbons (Fsp3) is 0.435. The molecule has 5 rings (SSSR count). The molecule has 1 aromatic carbocycles. The highest BCUT2D eigenvalue weighted by molar-refractivity contribution is 6.33. The third-order valence-electron chi connectivity index (χ3n) is 6.41. The maximum absolute atomic E-state index is 13.8. The molecule has 0 saturated carbocycles. The standard InChI is InChI=1S/C23H26ClFN6O/c1-14-12-31-21(27-22(14)29-9-7-16(26)13-29)11-19(28-31)20-4-2-3-8-30(20)23(32)17-10-15(25)5-6-18(17)24/h5-6,10-12,16,20H,2-4,7-9,13,26H2,1H3/t16-,20-/m0/s1.